The minimum atomic E-state index is 0.756. The Bertz CT molecular complexity index is 787. The van der Waals surface area contributed by atoms with Crippen LogP contribution in [0.25, 0.3) is 16.7 Å². The standard InChI is InChI=1S/C16H18N4/c1-4-14-10(2)19-20(11(14)3)16-8-5-12-9-13(17)6-7-15(12)18-16/h5-9H,4,17H2,1-3H3. The number of fused-ring (bicyclic) bond motifs is 1. The number of nitrogen functional groups attached to an aromatic ring is 1. The zero-order valence-corrected chi connectivity index (χ0v) is 12.0. The second-order valence-corrected chi connectivity index (χ2v) is 5.04. The largest absolute Gasteiger partial charge is 0.399 e. The summed E-state index contributed by atoms with van der Waals surface area (Å²) in [5, 5.41) is 5.65. The van der Waals surface area contributed by atoms with Crippen molar-refractivity contribution >= 4 is 16.6 Å². The summed E-state index contributed by atoms with van der Waals surface area (Å²) in [5.74, 6) is 0.850. The molecule has 0 aliphatic rings. The van der Waals surface area contributed by atoms with E-state index in [0.717, 1.165) is 40.2 Å². The first kappa shape index (κ1) is 12.7. The molecule has 2 aromatic heterocycles. The summed E-state index contributed by atoms with van der Waals surface area (Å²) in [6.45, 7) is 6.29. The number of hydrogen-bond donors (Lipinski definition) is 1. The Morgan fingerprint density at radius 3 is 2.65 bits per heavy atom. The summed E-state index contributed by atoms with van der Waals surface area (Å²) < 4.78 is 1.92. The molecular weight excluding hydrogens is 248 g/mol. The van der Waals surface area contributed by atoms with Gasteiger partial charge in [-0.25, -0.2) is 9.67 Å². The molecule has 0 saturated carbocycles. The first-order valence-corrected chi connectivity index (χ1v) is 6.82. The van der Waals surface area contributed by atoms with E-state index >= 15 is 0 Å². The third-order valence-corrected chi connectivity index (χ3v) is 3.71. The Labute approximate surface area is 118 Å². The smallest absolute Gasteiger partial charge is 0.154 e. The van der Waals surface area contributed by atoms with Gasteiger partial charge in [-0.15, -0.1) is 0 Å². The van der Waals surface area contributed by atoms with E-state index in [2.05, 4.69) is 23.9 Å². The van der Waals surface area contributed by atoms with E-state index in [4.69, 9.17) is 5.73 Å². The van der Waals surface area contributed by atoms with E-state index in [1.807, 2.05) is 41.9 Å². The van der Waals surface area contributed by atoms with Crippen LogP contribution < -0.4 is 5.73 Å². The third kappa shape index (κ3) is 1.93. The van der Waals surface area contributed by atoms with Gasteiger partial charge in [0.25, 0.3) is 0 Å². The topological polar surface area (TPSA) is 56.7 Å². The van der Waals surface area contributed by atoms with Crippen LogP contribution >= 0.6 is 0 Å². The molecule has 0 saturated heterocycles. The van der Waals surface area contributed by atoms with Gasteiger partial charge in [0.05, 0.1) is 11.2 Å². The van der Waals surface area contributed by atoms with Crippen molar-refractivity contribution in [2.45, 2.75) is 27.2 Å². The van der Waals surface area contributed by atoms with E-state index in [9.17, 15) is 0 Å². The Morgan fingerprint density at radius 1 is 1.15 bits per heavy atom. The van der Waals surface area contributed by atoms with Crippen molar-refractivity contribution in [1.82, 2.24) is 14.8 Å². The number of aromatic nitrogens is 3. The first-order valence-electron chi connectivity index (χ1n) is 6.82. The van der Waals surface area contributed by atoms with Crippen LogP contribution in [0, 0.1) is 13.8 Å². The minimum Gasteiger partial charge on any atom is -0.399 e. The Balaban J connectivity index is 2.17. The van der Waals surface area contributed by atoms with E-state index in [1.165, 1.54) is 5.56 Å². The Hall–Kier alpha value is -2.36. The molecule has 4 nitrogen and oxygen atoms in total. The summed E-state index contributed by atoms with van der Waals surface area (Å²) in [6.07, 6.45) is 0.988. The van der Waals surface area contributed by atoms with Gasteiger partial charge in [-0.3, -0.25) is 0 Å². The van der Waals surface area contributed by atoms with Crippen molar-refractivity contribution < 1.29 is 0 Å². The van der Waals surface area contributed by atoms with Gasteiger partial charge in [0.15, 0.2) is 5.82 Å². The maximum atomic E-state index is 5.79. The fraction of sp³-hybridized carbons (Fsp3) is 0.250. The summed E-state index contributed by atoms with van der Waals surface area (Å²) in [4.78, 5) is 4.68. The van der Waals surface area contributed by atoms with Crippen LogP contribution in [0.4, 0.5) is 5.69 Å². The quantitative estimate of drug-likeness (QED) is 0.725. The molecule has 0 fully saturated rings. The van der Waals surface area contributed by atoms with E-state index in [0.29, 0.717) is 0 Å². The highest BCUT2D eigenvalue weighted by molar-refractivity contribution is 5.82. The number of benzene rings is 1. The normalized spacial score (nSPS) is 11.2. The van der Waals surface area contributed by atoms with E-state index in [-0.39, 0.29) is 0 Å². The summed E-state index contributed by atoms with van der Waals surface area (Å²) in [5.41, 5.74) is 11.0. The molecule has 3 aromatic rings. The Morgan fingerprint density at radius 2 is 1.95 bits per heavy atom. The van der Waals surface area contributed by atoms with Crippen molar-refractivity contribution in [1.29, 1.82) is 0 Å². The van der Waals surface area contributed by atoms with Crippen LogP contribution in [0.15, 0.2) is 30.3 Å². The van der Waals surface area contributed by atoms with Gasteiger partial charge in [0, 0.05) is 16.8 Å². The van der Waals surface area contributed by atoms with Crippen LogP contribution in [-0.4, -0.2) is 14.8 Å². The highest BCUT2D eigenvalue weighted by Crippen LogP contribution is 2.21. The number of nitrogens with two attached hydrogens (primary N) is 1. The van der Waals surface area contributed by atoms with Crippen LogP contribution in [0.1, 0.15) is 23.9 Å². The maximum Gasteiger partial charge on any atom is 0.154 e. The van der Waals surface area contributed by atoms with Crippen molar-refractivity contribution in [2.24, 2.45) is 0 Å². The average Bonchev–Trinajstić information content (AvgIpc) is 2.73. The van der Waals surface area contributed by atoms with Gasteiger partial charge < -0.3 is 5.73 Å². The summed E-state index contributed by atoms with van der Waals surface area (Å²) >= 11 is 0. The lowest BCUT2D eigenvalue weighted by atomic mass is 10.1. The average molecular weight is 266 g/mol. The molecule has 20 heavy (non-hydrogen) atoms. The SMILES string of the molecule is CCc1c(C)nn(-c2ccc3cc(N)ccc3n2)c1C. The monoisotopic (exact) mass is 266 g/mol. The van der Waals surface area contributed by atoms with Gasteiger partial charge >= 0.3 is 0 Å². The zero-order chi connectivity index (χ0) is 14.3. The molecule has 3 rings (SSSR count). The number of aryl methyl sites for hydroxylation is 1. The second kappa shape index (κ2) is 4.63. The molecular formula is C16H18N4. The molecule has 0 spiro atoms. The lowest BCUT2D eigenvalue weighted by Crippen LogP contribution is -2.02. The van der Waals surface area contributed by atoms with Gasteiger partial charge in [-0.1, -0.05) is 6.92 Å². The number of nitrogens with zero attached hydrogens (tertiary/aromatic N) is 3. The third-order valence-electron chi connectivity index (χ3n) is 3.71. The molecule has 0 bridgehead atoms. The van der Waals surface area contributed by atoms with Crippen LogP contribution in [0.5, 0.6) is 0 Å². The summed E-state index contributed by atoms with van der Waals surface area (Å²) in [7, 11) is 0. The molecule has 0 atom stereocenters. The van der Waals surface area contributed by atoms with E-state index < -0.39 is 0 Å². The molecule has 2 N–H and O–H groups in total. The van der Waals surface area contributed by atoms with Crippen LogP contribution in [0.2, 0.25) is 0 Å². The molecule has 102 valence electrons. The molecule has 0 aliphatic carbocycles. The van der Waals surface area contributed by atoms with Crippen LogP contribution in [-0.2, 0) is 6.42 Å². The highest BCUT2D eigenvalue weighted by Gasteiger charge is 2.12. The van der Waals surface area contributed by atoms with Crippen molar-refractivity contribution in [3.8, 4) is 5.82 Å². The minimum absolute atomic E-state index is 0.756. The number of hydrogen-bond acceptors (Lipinski definition) is 3. The van der Waals surface area contributed by atoms with Gasteiger partial charge in [-0.2, -0.15) is 5.10 Å². The van der Waals surface area contributed by atoms with Crippen LogP contribution in [0.3, 0.4) is 0 Å². The predicted molar refractivity (Wildman–Crippen MR) is 82.1 cm³/mol. The van der Waals surface area contributed by atoms with Crippen molar-refractivity contribution in [3.05, 3.63) is 47.3 Å². The maximum absolute atomic E-state index is 5.79. The lowest BCUT2D eigenvalue weighted by molar-refractivity contribution is 0.809. The van der Waals surface area contributed by atoms with Crippen molar-refractivity contribution in [2.75, 3.05) is 5.73 Å². The molecule has 2 heterocycles. The first-order chi connectivity index (χ1) is 9.60. The predicted octanol–water partition coefficient (Wildman–Crippen LogP) is 3.18. The molecule has 0 amide bonds. The number of pyridine rings is 1. The molecule has 0 radical (unpaired) electrons. The fourth-order valence-corrected chi connectivity index (χ4v) is 2.66. The fourth-order valence-electron chi connectivity index (χ4n) is 2.66. The second-order valence-electron chi connectivity index (χ2n) is 5.04. The Kier molecular flexibility index (Phi) is 2.93. The number of anilines is 1. The van der Waals surface area contributed by atoms with Gasteiger partial charge in [0.1, 0.15) is 0 Å². The zero-order valence-electron chi connectivity index (χ0n) is 12.0. The molecule has 0 unspecified atom stereocenters. The number of rotatable bonds is 2. The van der Waals surface area contributed by atoms with Gasteiger partial charge in [-0.05, 0) is 56.2 Å². The van der Waals surface area contributed by atoms with E-state index in [1.54, 1.807) is 0 Å². The van der Waals surface area contributed by atoms with Gasteiger partial charge in [0.2, 0.25) is 0 Å². The molecule has 0 aliphatic heterocycles. The summed E-state index contributed by atoms with van der Waals surface area (Å²) in [6, 6.07) is 9.78. The lowest BCUT2D eigenvalue weighted by Gasteiger charge is -2.06. The molecule has 1 aromatic carbocycles. The highest BCUT2D eigenvalue weighted by atomic mass is 15.3. The molecule has 4 heteroatoms. The van der Waals surface area contributed by atoms with Crippen molar-refractivity contribution in [3.63, 3.8) is 0 Å².